The van der Waals surface area contributed by atoms with Crippen LogP contribution in [0.5, 0.6) is 0 Å². The number of imidazole rings is 1. The lowest BCUT2D eigenvalue weighted by Crippen LogP contribution is -2.20. The number of benzene rings is 1. The monoisotopic (exact) mass is 257 g/mol. The highest BCUT2D eigenvalue weighted by Gasteiger charge is 2.14. The van der Waals surface area contributed by atoms with Gasteiger partial charge in [-0.2, -0.15) is 0 Å². The van der Waals surface area contributed by atoms with E-state index in [4.69, 9.17) is 5.73 Å². The fourth-order valence-electron chi connectivity index (χ4n) is 2.90. The topological polar surface area (TPSA) is 43.8 Å². The molecule has 0 amide bonds. The Morgan fingerprint density at radius 3 is 2.42 bits per heavy atom. The summed E-state index contributed by atoms with van der Waals surface area (Å²) in [4.78, 5) is 4.35. The van der Waals surface area contributed by atoms with Gasteiger partial charge in [0.2, 0.25) is 0 Å². The highest BCUT2D eigenvalue weighted by Crippen LogP contribution is 2.23. The maximum atomic E-state index is 6.41. The van der Waals surface area contributed by atoms with Crippen LogP contribution < -0.4 is 5.73 Å². The SMILES string of the molecule is CCc1nccn1CC(N)c1c(C)cc(C)cc1C. The molecule has 0 fully saturated rings. The molecule has 102 valence electrons. The first-order valence-electron chi connectivity index (χ1n) is 6.86. The fraction of sp³-hybridized carbons (Fsp3) is 0.438. The smallest absolute Gasteiger partial charge is 0.108 e. The van der Waals surface area contributed by atoms with E-state index in [-0.39, 0.29) is 6.04 Å². The van der Waals surface area contributed by atoms with Gasteiger partial charge < -0.3 is 10.3 Å². The molecule has 0 aliphatic rings. The molecule has 0 radical (unpaired) electrons. The third-order valence-electron chi connectivity index (χ3n) is 3.62. The number of hydrogen-bond donors (Lipinski definition) is 1. The molecular formula is C16H23N3. The standard InChI is InChI=1S/C16H23N3/c1-5-15-18-6-7-19(15)10-14(17)16-12(3)8-11(2)9-13(16)4/h6-9,14H,5,10,17H2,1-4H3. The van der Waals surface area contributed by atoms with Gasteiger partial charge in [0.1, 0.15) is 5.82 Å². The van der Waals surface area contributed by atoms with E-state index in [9.17, 15) is 0 Å². The van der Waals surface area contributed by atoms with Gasteiger partial charge in [-0.3, -0.25) is 0 Å². The first kappa shape index (κ1) is 13.8. The van der Waals surface area contributed by atoms with Crippen molar-refractivity contribution in [3.05, 3.63) is 52.6 Å². The van der Waals surface area contributed by atoms with Crippen LogP contribution in [-0.2, 0) is 13.0 Å². The summed E-state index contributed by atoms with van der Waals surface area (Å²) in [5.74, 6) is 1.10. The molecule has 0 aliphatic carbocycles. The van der Waals surface area contributed by atoms with Gasteiger partial charge in [0.15, 0.2) is 0 Å². The van der Waals surface area contributed by atoms with Crippen LogP contribution in [0.1, 0.15) is 41.0 Å². The zero-order valence-electron chi connectivity index (χ0n) is 12.3. The lowest BCUT2D eigenvalue weighted by molar-refractivity contribution is 0.553. The largest absolute Gasteiger partial charge is 0.333 e. The second-order valence-corrected chi connectivity index (χ2v) is 5.27. The number of rotatable bonds is 4. The summed E-state index contributed by atoms with van der Waals surface area (Å²) >= 11 is 0. The van der Waals surface area contributed by atoms with Crippen LogP contribution in [0.2, 0.25) is 0 Å². The molecule has 2 rings (SSSR count). The Bertz CT molecular complexity index is 546. The van der Waals surface area contributed by atoms with Crippen molar-refractivity contribution >= 4 is 0 Å². The summed E-state index contributed by atoms with van der Waals surface area (Å²) in [6, 6.07) is 4.42. The summed E-state index contributed by atoms with van der Waals surface area (Å²) in [6.07, 6.45) is 4.80. The Morgan fingerprint density at radius 2 is 1.84 bits per heavy atom. The minimum absolute atomic E-state index is 0.0140. The van der Waals surface area contributed by atoms with Gasteiger partial charge in [0.25, 0.3) is 0 Å². The molecule has 0 saturated heterocycles. The summed E-state index contributed by atoms with van der Waals surface area (Å²) in [5.41, 5.74) is 11.5. The average Bonchev–Trinajstić information content (AvgIpc) is 2.74. The van der Waals surface area contributed by atoms with Gasteiger partial charge in [0, 0.05) is 31.4 Å². The number of hydrogen-bond acceptors (Lipinski definition) is 2. The van der Waals surface area contributed by atoms with E-state index in [0.717, 1.165) is 18.8 Å². The maximum absolute atomic E-state index is 6.41. The second kappa shape index (κ2) is 5.57. The molecule has 1 heterocycles. The maximum Gasteiger partial charge on any atom is 0.108 e. The third kappa shape index (κ3) is 2.87. The third-order valence-corrected chi connectivity index (χ3v) is 3.62. The number of nitrogens with zero attached hydrogens (tertiary/aromatic N) is 2. The average molecular weight is 257 g/mol. The Kier molecular flexibility index (Phi) is 4.05. The van der Waals surface area contributed by atoms with Gasteiger partial charge in [-0.15, -0.1) is 0 Å². The molecule has 1 aromatic heterocycles. The van der Waals surface area contributed by atoms with Crippen molar-refractivity contribution in [2.24, 2.45) is 5.73 Å². The minimum Gasteiger partial charge on any atom is -0.333 e. The second-order valence-electron chi connectivity index (χ2n) is 5.27. The highest BCUT2D eigenvalue weighted by molar-refractivity contribution is 5.39. The van der Waals surface area contributed by atoms with E-state index in [1.165, 1.54) is 22.3 Å². The van der Waals surface area contributed by atoms with Crippen LogP contribution in [0.15, 0.2) is 24.5 Å². The first-order chi connectivity index (χ1) is 9.02. The number of aryl methyl sites for hydroxylation is 4. The van der Waals surface area contributed by atoms with Gasteiger partial charge in [0.05, 0.1) is 0 Å². The van der Waals surface area contributed by atoms with Crippen molar-refractivity contribution in [1.82, 2.24) is 9.55 Å². The molecule has 2 aromatic rings. The Morgan fingerprint density at radius 1 is 1.21 bits per heavy atom. The molecular weight excluding hydrogens is 234 g/mol. The zero-order chi connectivity index (χ0) is 14.0. The Hall–Kier alpha value is -1.61. The number of aromatic nitrogens is 2. The lowest BCUT2D eigenvalue weighted by atomic mass is 9.94. The minimum atomic E-state index is 0.0140. The van der Waals surface area contributed by atoms with Crippen molar-refractivity contribution in [2.45, 2.75) is 46.7 Å². The van der Waals surface area contributed by atoms with Crippen molar-refractivity contribution < 1.29 is 0 Å². The van der Waals surface area contributed by atoms with Crippen LogP contribution in [0.3, 0.4) is 0 Å². The molecule has 1 atom stereocenters. The molecule has 3 nitrogen and oxygen atoms in total. The van der Waals surface area contributed by atoms with Gasteiger partial charge in [-0.25, -0.2) is 4.98 Å². The van der Waals surface area contributed by atoms with Gasteiger partial charge >= 0.3 is 0 Å². The van der Waals surface area contributed by atoms with Crippen LogP contribution >= 0.6 is 0 Å². The summed E-state index contributed by atoms with van der Waals surface area (Å²) < 4.78 is 2.16. The van der Waals surface area contributed by atoms with Crippen LogP contribution in [0, 0.1) is 20.8 Å². The van der Waals surface area contributed by atoms with Crippen molar-refractivity contribution in [1.29, 1.82) is 0 Å². The quantitative estimate of drug-likeness (QED) is 0.914. The summed E-state index contributed by atoms with van der Waals surface area (Å²) in [6.45, 7) is 9.31. The lowest BCUT2D eigenvalue weighted by Gasteiger charge is -2.20. The molecule has 2 N–H and O–H groups in total. The molecule has 0 bridgehead atoms. The van der Waals surface area contributed by atoms with Crippen molar-refractivity contribution in [3.8, 4) is 0 Å². The van der Waals surface area contributed by atoms with Crippen molar-refractivity contribution in [3.63, 3.8) is 0 Å². The van der Waals surface area contributed by atoms with Gasteiger partial charge in [-0.05, 0) is 37.5 Å². The first-order valence-corrected chi connectivity index (χ1v) is 6.86. The molecule has 1 unspecified atom stereocenters. The van der Waals surface area contributed by atoms with Crippen LogP contribution in [0.25, 0.3) is 0 Å². The highest BCUT2D eigenvalue weighted by atomic mass is 15.1. The van der Waals surface area contributed by atoms with E-state index >= 15 is 0 Å². The fourth-order valence-corrected chi connectivity index (χ4v) is 2.90. The number of nitrogens with two attached hydrogens (primary N) is 1. The van der Waals surface area contributed by atoms with Crippen molar-refractivity contribution in [2.75, 3.05) is 0 Å². The molecule has 19 heavy (non-hydrogen) atoms. The van der Waals surface area contributed by atoms with Crippen LogP contribution in [-0.4, -0.2) is 9.55 Å². The summed E-state index contributed by atoms with van der Waals surface area (Å²) in [5, 5.41) is 0. The van der Waals surface area contributed by atoms with E-state index < -0.39 is 0 Å². The molecule has 0 spiro atoms. The van der Waals surface area contributed by atoms with E-state index in [0.29, 0.717) is 0 Å². The van der Waals surface area contributed by atoms with Crippen LogP contribution in [0.4, 0.5) is 0 Å². The van der Waals surface area contributed by atoms with E-state index in [1.54, 1.807) is 0 Å². The Labute approximate surface area is 115 Å². The van der Waals surface area contributed by atoms with E-state index in [2.05, 4.69) is 49.4 Å². The molecule has 0 aliphatic heterocycles. The van der Waals surface area contributed by atoms with Gasteiger partial charge in [-0.1, -0.05) is 24.6 Å². The normalized spacial score (nSPS) is 12.7. The molecule has 3 heteroatoms. The zero-order valence-corrected chi connectivity index (χ0v) is 12.3. The predicted octanol–water partition coefficient (Wildman–Crippen LogP) is 3.07. The molecule has 1 aromatic carbocycles. The molecule has 0 saturated carbocycles. The van der Waals surface area contributed by atoms with E-state index in [1.807, 2.05) is 12.4 Å². The Balaban J connectivity index is 2.28. The predicted molar refractivity (Wildman–Crippen MR) is 79.2 cm³/mol. The summed E-state index contributed by atoms with van der Waals surface area (Å²) in [7, 11) is 0.